The van der Waals surface area contributed by atoms with Crippen LogP contribution < -0.4 is 11.1 Å². The molecule has 0 spiro atoms. The molecular formula is C46H31Cl2F6N3O7. The Balaban J connectivity index is 0.000000213. The Morgan fingerprint density at radius 3 is 1.77 bits per heavy atom. The number of pyridine rings is 2. The largest absolute Gasteiger partial charge is 0.481 e. The lowest BCUT2D eigenvalue weighted by molar-refractivity contribution is -0.138. The summed E-state index contributed by atoms with van der Waals surface area (Å²) in [5.41, 5.74) is -0.315. The molecule has 328 valence electrons. The van der Waals surface area contributed by atoms with E-state index in [1.807, 2.05) is 0 Å². The summed E-state index contributed by atoms with van der Waals surface area (Å²) in [5.74, 6) is -3.12. The minimum atomic E-state index is -4.69. The molecule has 0 saturated heterocycles. The number of hydrogen-bond acceptors (Lipinski definition) is 6. The van der Waals surface area contributed by atoms with Gasteiger partial charge in [0.15, 0.2) is 5.78 Å². The maximum absolute atomic E-state index is 13.5. The first-order valence-corrected chi connectivity index (χ1v) is 19.4. The number of aliphatic carboxylic acids is 2. The molecule has 2 N–H and O–H groups in total. The summed E-state index contributed by atoms with van der Waals surface area (Å²) in [4.78, 5) is 64.7. The SMILES string of the molecule is Cn1cc(-c2ccc(C(F)(F)F)cc2C(=O)c2ccc(Cl)cc2)c(/C=C/C(=O)O)cc1=O.Cn1cc2c(cc1=O)C(CC(=O)O)N=C(c1ccc(Cl)cc1)c1cc(C(F)(F)F)ccc1-2. The van der Waals surface area contributed by atoms with Gasteiger partial charge in [0, 0.05) is 88.1 Å². The van der Waals surface area contributed by atoms with Crippen molar-refractivity contribution in [1.29, 1.82) is 0 Å². The Labute approximate surface area is 368 Å². The normalized spacial score (nSPS) is 13.5. The predicted molar refractivity (Wildman–Crippen MR) is 228 cm³/mol. The number of benzene rings is 4. The van der Waals surface area contributed by atoms with Crippen molar-refractivity contribution in [3.63, 3.8) is 0 Å². The van der Waals surface area contributed by atoms with Gasteiger partial charge in [0.05, 0.1) is 29.3 Å². The van der Waals surface area contributed by atoms with Gasteiger partial charge in [0.2, 0.25) is 0 Å². The van der Waals surface area contributed by atoms with Crippen molar-refractivity contribution in [3.05, 3.63) is 191 Å². The van der Waals surface area contributed by atoms with Crippen molar-refractivity contribution in [2.75, 3.05) is 0 Å². The average molecular weight is 923 g/mol. The standard InChI is InChI=1S/C23H16ClF3N2O3.C23H15ClF3NO4/c1-29-11-18-15-7-4-13(23(25,26)27)8-17(15)22(12-2-5-14(24)6-3-12)28-19(10-21(31)32)16(18)9-20(29)30;1-28-12-19(14(10-20(28)29)4-9-21(30)31)17-8-5-15(23(25,26)27)11-18(17)22(32)13-2-6-16(24)7-3-13/h2-9,11,19H,10H2,1H3,(H,31,32);2-12H,1H3,(H,30,31)/b;9-4+. The zero-order valence-corrected chi connectivity index (χ0v) is 34.6. The number of carboxylic acids is 2. The van der Waals surface area contributed by atoms with E-state index in [1.165, 1.54) is 72.0 Å². The highest BCUT2D eigenvalue weighted by atomic mass is 35.5. The number of carbonyl (C=O) groups is 3. The third kappa shape index (κ3) is 10.4. The molecular weight excluding hydrogens is 891 g/mol. The number of nitrogens with zero attached hydrogens (tertiary/aromatic N) is 3. The molecule has 10 nitrogen and oxygen atoms in total. The Bertz CT molecular complexity index is 3010. The zero-order valence-electron chi connectivity index (χ0n) is 33.1. The molecule has 0 amide bonds. The summed E-state index contributed by atoms with van der Waals surface area (Å²) in [6, 6.07) is 19.5. The zero-order chi connectivity index (χ0) is 46.8. The van der Waals surface area contributed by atoms with E-state index in [0.717, 1.165) is 48.6 Å². The number of aliphatic imine (C=N–C) groups is 1. The summed E-state index contributed by atoms with van der Waals surface area (Å²) in [6.45, 7) is 0. The molecule has 6 aromatic rings. The van der Waals surface area contributed by atoms with Crippen molar-refractivity contribution >= 4 is 52.7 Å². The van der Waals surface area contributed by atoms with E-state index in [2.05, 4.69) is 4.99 Å². The lowest BCUT2D eigenvalue weighted by atomic mass is 9.90. The van der Waals surface area contributed by atoms with Gasteiger partial charge in [-0.1, -0.05) is 47.5 Å². The number of hydrogen-bond donors (Lipinski definition) is 2. The lowest BCUT2D eigenvalue weighted by Gasteiger charge is -2.16. The molecule has 18 heteroatoms. The summed E-state index contributed by atoms with van der Waals surface area (Å²) in [6.07, 6.45) is -4.93. The van der Waals surface area contributed by atoms with Crippen LogP contribution in [0.25, 0.3) is 28.3 Å². The van der Waals surface area contributed by atoms with Gasteiger partial charge in [-0.2, -0.15) is 26.3 Å². The predicted octanol–water partition coefficient (Wildman–Crippen LogP) is 10.1. The Kier molecular flexibility index (Phi) is 13.3. The van der Waals surface area contributed by atoms with Crippen molar-refractivity contribution in [3.8, 4) is 22.3 Å². The molecule has 7 rings (SSSR count). The molecule has 1 aliphatic heterocycles. The second kappa shape index (κ2) is 18.4. The molecule has 3 heterocycles. The quantitative estimate of drug-likeness (QED) is 0.0877. The number of alkyl halides is 6. The van der Waals surface area contributed by atoms with Gasteiger partial charge in [-0.05, 0) is 89.0 Å². The van der Waals surface area contributed by atoms with E-state index in [1.54, 1.807) is 24.3 Å². The topological polar surface area (TPSA) is 148 Å². The van der Waals surface area contributed by atoms with E-state index in [4.69, 9.17) is 28.3 Å². The van der Waals surface area contributed by atoms with Crippen LogP contribution in [-0.4, -0.2) is 42.8 Å². The molecule has 0 bridgehead atoms. The second-order valence-corrected chi connectivity index (χ2v) is 15.2. The van der Waals surface area contributed by atoms with Gasteiger partial charge >= 0.3 is 24.3 Å². The van der Waals surface area contributed by atoms with E-state index in [0.29, 0.717) is 32.3 Å². The summed E-state index contributed by atoms with van der Waals surface area (Å²) < 4.78 is 83.2. The maximum Gasteiger partial charge on any atom is 0.416 e. The fourth-order valence-corrected chi connectivity index (χ4v) is 7.07. The number of fused-ring (bicyclic) bond motifs is 3. The van der Waals surface area contributed by atoms with Crippen LogP contribution in [-0.2, 0) is 36.0 Å². The van der Waals surface area contributed by atoms with Crippen LogP contribution in [0.4, 0.5) is 26.3 Å². The molecule has 0 fully saturated rings. The third-order valence-electron chi connectivity index (χ3n) is 9.94. The molecule has 2 aromatic heterocycles. The Hall–Kier alpha value is -7.04. The van der Waals surface area contributed by atoms with E-state index < -0.39 is 59.2 Å². The number of aromatic nitrogens is 2. The number of rotatable bonds is 8. The number of carboxylic acid groups (broad SMARTS) is 2. The molecule has 0 aliphatic carbocycles. The van der Waals surface area contributed by atoms with Gasteiger partial charge < -0.3 is 19.3 Å². The van der Waals surface area contributed by atoms with Crippen LogP contribution in [0.15, 0.2) is 130 Å². The first-order valence-electron chi connectivity index (χ1n) is 18.6. The van der Waals surface area contributed by atoms with Crippen LogP contribution >= 0.6 is 23.2 Å². The summed E-state index contributed by atoms with van der Waals surface area (Å²) in [7, 11) is 2.95. The minimum Gasteiger partial charge on any atom is -0.481 e. The summed E-state index contributed by atoms with van der Waals surface area (Å²) >= 11 is 11.8. The molecule has 1 atom stereocenters. The maximum atomic E-state index is 13.5. The van der Waals surface area contributed by atoms with Crippen LogP contribution in [0.5, 0.6) is 0 Å². The average Bonchev–Trinajstić information content (AvgIpc) is 3.34. The van der Waals surface area contributed by atoms with Crippen molar-refractivity contribution < 1.29 is 50.9 Å². The first kappa shape index (κ1) is 46.5. The number of carbonyl (C=O) groups excluding carboxylic acids is 1. The van der Waals surface area contributed by atoms with E-state index in [-0.39, 0.29) is 44.7 Å². The highest BCUT2D eigenvalue weighted by molar-refractivity contribution is 6.31. The van der Waals surface area contributed by atoms with Gasteiger partial charge in [-0.15, -0.1) is 0 Å². The van der Waals surface area contributed by atoms with Gasteiger partial charge in [0.1, 0.15) is 0 Å². The van der Waals surface area contributed by atoms with Gasteiger partial charge in [-0.25, -0.2) is 4.79 Å². The molecule has 1 aliphatic rings. The Morgan fingerprint density at radius 2 is 1.20 bits per heavy atom. The van der Waals surface area contributed by atoms with Crippen LogP contribution in [0.3, 0.4) is 0 Å². The van der Waals surface area contributed by atoms with Gasteiger partial charge in [0.25, 0.3) is 11.1 Å². The van der Waals surface area contributed by atoms with Crippen molar-refractivity contribution in [2.24, 2.45) is 19.1 Å². The van der Waals surface area contributed by atoms with E-state index in [9.17, 15) is 55.4 Å². The number of halogens is 8. The molecule has 64 heavy (non-hydrogen) atoms. The fourth-order valence-electron chi connectivity index (χ4n) is 6.82. The number of aryl methyl sites for hydroxylation is 2. The smallest absolute Gasteiger partial charge is 0.416 e. The number of ketones is 1. The molecule has 0 radical (unpaired) electrons. The third-order valence-corrected chi connectivity index (χ3v) is 10.4. The molecule has 1 unspecified atom stereocenters. The monoisotopic (exact) mass is 921 g/mol. The lowest BCUT2D eigenvalue weighted by Crippen LogP contribution is -2.18. The minimum absolute atomic E-state index is 0.110. The van der Waals surface area contributed by atoms with Gasteiger partial charge in [-0.3, -0.25) is 24.2 Å². The summed E-state index contributed by atoms with van der Waals surface area (Å²) in [5, 5.41) is 19.2. The van der Waals surface area contributed by atoms with Crippen LogP contribution in [0.2, 0.25) is 10.0 Å². The molecule has 4 aromatic carbocycles. The highest BCUT2D eigenvalue weighted by Crippen LogP contribution is 2.41. The Morgan fingerprint density at radius 1 is 0.672 bits per heavy atom. The first-order chi connectivity index (χ1) is 30.0. The van der Waals surface area contributed by atoms with Crippen molar-refractivity contribution in [1.82, 2.24) is 9.13 Å². The fraction of sp³-hybridized carbons (Fsp3) is 0.130. The molecule has 0 saturated carbocycles. The van der Waals surface area contributed by atoms with Crippen molar-refractivity contribution in [2.45, 2.75) is 24.8 Å². The second-order valence-electron chi connectivity index (χ2n) is 14.3. The van der Waals surface area contributed by atoms with E-state index >= 15 is 0 Å². The highest BCUT2D eigenvalue weighted by Gasteiger charge is 2.35. The van der Waals surface area contributed by atoms with Crippen LogP contribution in [0.1, 0.15) is 61.8 Å². The van der Waals surface area contributed by atoms with Crippen LogP contribution in [0, 0.1) is 0 Å².